The number of hydrogen-bond acceptors (Lipinski definition) is 2. The number of benzene rings is 1. The molecule has 3 nitrogen and oxygen atoms in total. The van der Waals surface area contributed by atoms with Crippen LogP contribution in [0.3, 0.4) is 0 Å². The van der Waals surface area contributed by atoms with Crippen molar-refractivity contribution in [2.75, 3.05) is 0 Å². The first-order chi connectivity index (χ1) is 7.74. The molecule has 0 fully saturated rings. The van der Waals surface area contributed by atoms with Crippen LogP contribution in [-0.4, -0.2) is 9.97 Å². The van der Waals surface area contributed by atoms with Crippen molar-refractivity contribution in [2.45, 2.75) is 33.1 Å². The third-order valence-electron chi connectivity index (χ3n) is 2.69. The third-order valence-corrected chi connectivity index (χ3v) is 2.69. The van der Waals surface area contributed by atoms with E-state index < -0.39 is 0 Å². The predicted molar refractivity (Wildman–Crippen MR) is 65.7 cm³/mol. The van der Waals surface area contributed by atoms with Gasteiger partial charge in [-0.3, -0.25) is 4.79 Å². The first-order valence-electron chi connectivity index (χ1n) is 5.76. The molecule has 0 bridgehead atoms. The number of aromatic nitrogens is 2. The highest BCUT2D eigenvalue weighted by molar-refractivity contribution is 5.78. The van der Waals surface area contributed by atoms with Crippen LogP contribution < -0.4 is 5.56 Å². The topological polar surface area (TPSA) is 45.8 Å². The number of hydrogen-bond donors (Lipinski definition) is 1. The van der Waals surface area contributed by atoms with Crippen molar-refractivity contribution in [1.29, 1.82) is 0 Å². The second-order valence-corrected chi connectivity index (χ2v) is 3.97. The van der Waals surface area contributed by atoms with E-state index >= 15 is 0 Å². The summed E-state index contributed by atoms with van der Waals surface area (Å²) in [4.78, 5) is 19.0. The van der Waals surface area contributed by atoms with Crippen LogP contribution >= 0.6 is 0 Å². The van der Waals surface area contributed by atoms with E-state index in [-0.39, 0.29) is 5.56 Å². The van der Waals surface area contributed by atoms with Crippen molar-refractivity contribution < 1.29 is 0 Å². The summed E-state index contributed by atoms with van der Waals surface area (Å²) in [6, 6.07) is 5.94. The minimum absolute atomic E-state index is 0.0280. The average molecular weight is 216 g/mol. The molecule has 0 amide bonds. The van der Waals surface area contributed by atoms with Gasteiger partial charge in [-0.05, 0) is 24.1 Å². The van der Waals surface area contributed by atoms with Crippen molar-refractivity contribution in [2.24, 2.45) is 0 Å². The zero-order chi connectivity index (χ0) is 11.5. The second kappa shape index (κ2) is 4.47. The number of H-pyrrole nitrogens is 1. The summed E-state index contributed by atoms with van der Waals surface area (Å²) >= 11 is 0. The maximum absolute atomic E-state index is 11.8. The maximum atomic E-state index is 11.8. The normalized spacial score (nSPS) is 10.9. The monoisotopic (exact) mass is 216 g/mol. The van der Waals surface area contributed by atoms with Crippen LogP contribution in [0.15, 0.2) is 23.0 Å². The molecule has 0 unspecified atom stereocenters. The lowest BCUT2D eigenvalue weighted by Crippen LogP contribution is -2.11. The molecule has 0 aliphatic heterocycles. The fraction of sp³-hybridized carbons (Fsp3) is 0.385. The van der Waals surface area contributed by atoms with Crippen LogP contribution in [-0.2, 0) is 12.8 Å². The van der Waals surface area contributed by atoms with E-state index in [0.29, 0.717) is 5.39 Å². The quantitative estimate of drug-likeness (QED) is 0.856. The third kappa shape index (κ3) is 1.98. The van der Waals surface area contributed by atoms with Crippen molar-refractivity contribution >= 4 is 10.9 Å². The first-order valence-corrected chi connectivity index (χ1v) is 5.76. The number of nitrogens with one attached hydrogen (secondary N) is 1. The zero-order valence-electron chi connectivity index (χ0n) is 9.71. The molecule has 84 valence electrons. The van der Waals surface area contributed by atoms with Crippen LogP contribution in [0.2, 0.25) is 0 Å². The van der Waals surface area contributed by atoms with Crippen molar-refractivity contribution in [3.05, 3.63) is 39.9 Å². The molecule has 1 aromatic heterocycles. The van der Waals surface area contributed by atoms with Gasteiger partial charge < -0.3 is 4.98 Å². The van der Waals surface area contributed by atoms with Crippen LogP contribution in [0, 0.1) is 0 Å². The second-order valence-electron chi connectivity index (χ2n) is 3.97. The van der Waals surface area contributed by atoms with E-state index in [0.717, 1.165) is 30.6 Å². The molecule has 16 heavy (non-hydrogen) atoms. The lowest BCUT2D eigenvalue weighted by Gasteiger charge is -2.03. The summed E-state index contributed by atoms with van der Waals surface area (Å²) in [5.41, 5.74) is 1.96. The number of aryl methyl sites for hydroxylation is 2. The smallest absolute Gasteiger partial charge is 0.258 e. The Morgan fingerprint density at radius 3 is 2.81 bits per heavy atom. The minimum atomic E-state index is -0.0280. The number of aromatic amines is 1. The minimum Gasteiger partial charge on any atom is -0.310 e. The number of fused-ring (bicyclic) bond motifs is 1. The highest BCUT2D eigenvalue weighted by atomic mass is 16.1. The molecule has 3 heteroatoms. The van der Waals surface area contributed by atoms with Gasteiger partial charge in [0.2, 0.25) is 0 Å². The molecular formula is C13H16N2O. The van der Waals surface area contributed by atoms with Crippen LogP contribution in [0.4, 0.5) is 0 Å². The molecule has 0 saturated heterocycles. The van der Waals surface area contributed by atoms with Crippen LogP contribution in [0.25, 0.3) is 10.9 Å². The molecule has 0 spiro atoms. The van der Waals surface area contributed by atoms with E-state index in [9.17, 15) is 4.79 Å². The summed E-state index contributed by atoms with van der Waals surface area (Å²) in [6.45, 7) is 4.11. The molecule has 0 saturated carbocycles. The molecule has 0 aliphatic carbocycles. The summed E-state index contributed by atoms with van der Waals surface area (Å²) in [5, 5.41) is 0.697. The highest BCUT2D eigenvalue weighted by Gasteiger charge is 2.03. The van der Waals surface area contributed by atoms with Gasteiger partial charge in [0.15, 0.2) is 0 Å². The Hall–Kier alpha value is -1.64. The Kier molecular flexibility index (Phi) is 3.04. The molecule has 0 atom stereocenters. The van der Waals surface area contributed by atoms with Gasteiger partial charge in [0.05, 0.1) is 10.9 Å². The lowest BCUT2D eigenvalue weighted by atomic mass is 10.1. The predicted octanol–water partition coefficient (Wildman–Crippen LogP) is 2.44. The largest absolute Gasteiger partial charge is 0.310 e. The van der Waals surface area contributed by atoms with Gasteiger partial charge in [-0.2, -0.15) is 0 Å². The Balaban J connectivity index is 2.61. The maximum Gasteiger partial charge on any atom is 0.258 e. The molecule has 2 aromatic rings. The lowest BCUT2D eigenvalue weighted by molar-refractivity contribution is 0.919. The summed E-state index contributed by atoms with van der Waals surface area (Å²) in [7, 11) is 0. The standard InChI is InChI=1S/C13H16N2O/c1-3-5-9-6-7-11-10(8-9)13(16)15-12(4-2)14-11/h6-8H,3-5H2,1-2H3,(H,14,15,16). The molecular weight excluding hydrogens is 200 g/mol. The Bertz CT molecular complexity index is 557. The van der Waals surface area contributed by atoms with Gasteiger partial charge in [-0.15, -0.1) is 0 Å². The van der Waals surface area contributed by atoms with Gasteiger partial charge in [0.1, 0.15) is 5.82 Å². The fourth-order valence-corrected chi connectivity index (χ4v) is 1.85. The SMILES string of the molecule is CCCc1ccc2nc(CC)[nH]c(=O)c2c1. The molecule has 1 aromatic carbocycles. The molecule has 2 rings (SSSR count). The van der Waals surface area contributed by atoms with Gasteiger partial charge in [-0.25, -0.2) is 4.98 Å². The van der Waals surface area contributed by atoms with Crippen molar-refractivity contribution in [3.63, 3.8) is 0 Å². The summed E-state index contributed by atoms with van der Waals surface area (Å²) in [6.07, 6.45) is 2.84. The summed E-state index contributed by atoms with van der Waals surface area (Å²) in [5.74, 6) is 0.751. The van der Waals surface area contributed by atoms with Gasteiger partial charge >= 0.3 is 0 Å². The summed E-state index contributed by atoms with van der Waals surface area (Å²) < 4.78 is 0. The van der Waals surface area contributed by atoms with Gasteiger partial charge in [-0.1, -0.05) is 26.3 Å². The van der Waals surface area contributed by atoms with E-state index in [4.69, 9.17) is 0 Å². The number of rotatable bonds is 3. The molecule has 1 heterocycles. The van der Waals surface area contributed by atoms with E-state index in [1.54, 1.807) is 0 Å². The van der Waals surface area contributed by atoms with Gasteiger partial charge in [0, 0.05) is 6.42 Å². The fourth-order valence-electron chi connectivity index (χ4n) is 1.85. The Labute approximate surface area is 94.5 Å². The highest BCUT2D eigenvalue weighted by Crippen LogP contribution is 2.11. The molecule has 0 radical (unpaired) electrons. The van der Waals surface area contributed by atoms with E-state index in [1.807, 2.05) is 19.1 Å². The Morgan fingerprint density at radius 1 is 1.31 bits per heavy atom. The molecule has 1 N–H and O–H groups in total. The van der Waals surface area contributed by atoms with Crippen molar-refractivity contribution in [1.82, 2.24) is 9.97 Å². The number of nitrogens with zero attached hydrogens (tertiary/aromatic N) is 1. The van der Waals surface area contributed by atoms with Gasteiger partial charge in [0.25, 0.3) is 5.56 Å². The molecule has 0 aliphatic rings. The van der Waals surface area contributed by atoms with E-state index in [1.165, 1.54) is 5.56 Å². The van der Waals surface area contributed by atoms with Crippen LogP contribution in [0.5, 0.6) is 0 Å². The Morgan fingerprint density at radius 2 is 2.12 bits per heavy atom. The zero-order valence-corrected chi connectivity index (χ0v) is 9.71. The average Bonchev–Trinajstić information content (AvgIpc) is 2.30. The van der Waals surface area contributed by atoms with E-state index in [2.05, 4.69) is 23.0 Å². The first kappa shape index (κ1) is 10.9. The van der Waals surface area contributed by atoms with Crippen LogP contribution in [0.1, 0.15) is 31.7 Å². The van der Waals surface area contributed by atoms with Crippen molar-refractivity contribution in [3.8, 4) is 0 Å².